The van der Waals surface area contributed by atoms with E-state index in [1.54, 1.807) is 6.07 Å². The van der Waals surface area contributed by atoms with Crippen LogP contribution in [-0.2, 0) is 13.0 Å². The first kappa shape index (κ1) is 12.5. The molecule has 1 N–H and O–H groups in total. The summed E-state index contributed by atoms with van der Waals surface area (Å²) in [4.78, 5) is 23.5. The molecule has 1 aromatic rings. The van der Waals surface area contributed by atoms with Gasteiger partial charge in [-0.15, -0.1) is 0 Å². The summed E-state index contributed by atoms with van der Waals surface area (Å²) in [6, 6.07) is 3.01. The molecular formula is C12H14BrNO3. The quantitative estimate of drug-likeness (QED) is 0.851. The van der Waals surface area contributed by atoms with Gasteiger partial charge in [0.15, 0.2) is 5.78 Å². The number of aliphatic hydroxyl groups excluding tert-OH is 1. The molecule has 0 saturated carbocycles. The third kappa shape index (κ3) is 2.50. The fourth-order valence-corrected chi connectivity index (χ4v) is 2.36. The predicted molar refractivity (Wildman–Crippen MR) is 67.8 cm³/mol. The van der Waals surface area contributed by atoms with Crippen molar-refractivity contribution in [1.29, 1.82) is 0 Å². The summed E-state index contributed by atoms with van der Waals surface area (Å²) in [6.45, 7) is 0.237. The molecule has 2 rings (SSSR count). The van der Waals surface area contributed by atoms with Crippen molar-refractivity contribution >= 4 is 21.7 Å². The van der Waals surface area contributed by atoms with Gasteiger partial charge in [-0.2, -0.15) is 0 Å². The lowest BCUT2D eigenvalue weighted by molar-refractivity contribution is 0.0968. The first-order valence-corrected chi connectivity index (χ1v) is 6.75. The van der Waals surface area contributed by atoms with E-state index in [0.29, 0.717) is 17.3 Å². The zero-order valence-electron chi connectivity index (χ0n) is 9.36. The average molecular weight is 300 g/mol. The fraction of sp³-hybridized carbons (Fsp3) is 0.500. The summed E-state index contributed by atoms with van der Waals surface area (Å²) in [5, 5.41) is 10.0. The monoisotopic (exact) mass is 299 g/mol. The van der Waals surface area contributed by atoms with E-state index in [2.05, 4.69) is 15.9 Å². The number of aromatic nitrogens is 1. The second kappa shape index (κ2) is 5.14. The highest BCUT2D eigenvalue weighted by Crippen LogP contribution is 2.19. The molecule has 1 heterocycles. The molecule has 0 amide bonds. The molecule has 0 radical (unpaired) electrons. The lowest BCUT2D eigenvalue weighted by atomic mass is 9.94. The van der Waals surface area contributed by atoms with E-state index in [-0.39, 0.29) is 17.9 Å². The number of halogens is 1. The van der Waals surface area contributed by atoms with Gasteiger partial charge in [0.2, 0.25) is 0 Å². The number of nitrogens with zero attached hydrogens (tertiary/aromatic N) is 1. The number of rotatable bonds is 3. The summed E-state index contributed by atoms with van der Waals surface area (Å²) in [5.41, 5.74) is 1.25. The van der Waals surface area contributed by atoms with E-state index >= 15 is 0 Å². The third-order valence-corrected chi connectivity index (χ3v) is 3.73. The molecule has 4 nitrogen and oxygen atoms in total. The number of carbonyl (C=O) groups excluding carboxylic acids is 1. The van der Waals surface area contributed by atoms with E-state index in [0.717, 1.165) is 18.5 Å². The molecule has 17 heavy (non-hydrogen) atoms. The number of ketones is 1. The fourth-order valence-electron chi connectivity index (χ4n) is 2.15. The second-order valence-electron chi connectivity index (χ2n) is 4.23. The molecule has 0 spiro atoms. The van der Waals surface area contributed by atoms with Crippen molar-refractivity contribution in [2.75, 3.05) is 5.33 Å². The van der Waals surface area contributed by atoms with Gasteiger partial charge in [-0.1, -0.05) is 15.9 Å². The highest BCUT2D eigenvalue weighted by molar-refractivity contribution is 9.09. The molecule has 1 aliphatic carbocycles. The standard InChI is InChI=1S/C12H14BrNO3/c13-6-8(15)7-14-10-2-1-3-11(16)9(10)4-5-12(14)17/h4-5,8,15H,1-3,6-7H2. The average Bonchev–Trinajstić information content (AvgIpc) is 2.33. The van der Waals surface area contributed by atoms with Crippen molar-refractivity contribution < 1.29 is 9.90 Å². The summed E-state index contributed by atoms with van der Waals surface area (Å²) < 4.78 is 1.53. The van der Waals surface area contributed by atoms with E-state index in [1.807, 2.05) is 0 Å². The number of alkyl halides is 1. The predicted octanol–water partition coefficient (Wildman–Crippen LogP) is 1.12. The zero-order chi connectivity index (χ0) is 12.4. The summed E-state index contributed by atoms with van der Waals surface area (Å²) in [5.74, 6) is 0.0910. The van der Waals surface area contributed by atoms with Gasteiger partial charge in [0.1, 0.15) is 0 Å². The maximum Gasteiger partial charge on any atom is 0.250 e. The number of hydrogen-bond acceptors (Lipinski definition) is 3. The number of carbonyl (C=O) groups is 1. The summed E-state index contributed by atoms with van der Waals surface area (Å²) >= 11 is 3.17. The lowest BCUT2D eigenvalue weighted by Gasteiger charge is -2.21. The van der Waals surface area contributed by atoms with E-state index in [9.17, 15) is 14.7 Å². The second-order valence-corrected chi connectivity index (χ2v) is 4.87. The number of aliphatic hydroxyl groups is 1. The Balaban J connectivity index is 2.46. The Bertz CT molecular complexity index is 495. The van der Waals surface area contributed by atoms with Crippen molar-refractivity contribution in [2.24, 2.45) is 0 Å². The Kier molecular flexibility index (Phi) is 3.79. The van der Waals surface area contributed by atoms with Crippen LogP contribution in [0.2, 0.25) is 0 Å². The molecule has 0 saturated heterocycles. The van der Waals surface area contributed by atoms with Gasteiger partial charge in [-0.3, -0.25) is 9.59 Å². The van der Waals surface area contributed by atoms with E-state index < -0.39 is 6.10 Å². The number of Topliss-reactive ketones (excluding diaryl/α,β-unsaturated/α-hetero) is 1. The Hall–Kier alpha value is -0.940. The maximum absolute atomic E-state index is 11.8. The van der Waals surface area contributed by atoms with Crippen molar-refractivity contribution in [1.82, 2.24) is 4.57 Å². The maximum atomic E-state index is 11.8. The normalized spacial score (nSPS) is 16.7. The summed E-state index contributed by atoms with van der Waals surface area (Å²) in [7, 11) is 0. The van der Waals surface area contributed by atoms with Crippen molar-refractivity contribution in [3.05, 3.63) is 33.7 Å². The van der Waals surface area contributed by atoms with Gasteiger partial charge in [0.25, 0.3) is 5.56 Å². The Morgan fingerprint density at radius 2 is 2.12 bits per heavy atom. The van der Waals surface area contributed by atoms with Gasteiger partial charge in [-0.25, -0.2) is 0 Å². The van der Waals surface area contributed by atoms with E-state index in [1.165, 1.54) is 10.6 Å². The largest absolute Gasteiger partial charge is 0.390 e. The van der Waals surface area contributed by atoms with Crippen LogP contribution in [0.15, 0.2) is 16.9 Å². The van der Waals surface area contributed by atoms with Crippen LogP contribution in [0.4, 0.5) is 0 Å². The van der Waals surface area contributed by atoms with Gasteiger partial charge in [-0.05, 0) is 18.9 Å². The number of fused-ring (bicyclic) bond motifs is 1. The minimum Gasteiger partial charge on any atom is -0.390 e. The van der Waals surface area contributed by atoms with Gasteiger partial charge >= 0.3 is 0 Å². The molecule has 0 aromatic carbocycles. The molecular weight excluding hydrogens is 286 g/mol. The molecule has 0 fully saturated rings. The minimum absolute atomic E-state index is 0.0910. The van der Waals surface area contributed by atoms with Crippen molar-refractivity contribution in [3.63, 3.8) is 0 Å². The van der Waals surface area contributed by atoms with Crippen LogP contribution in [0.5, 0.6) is 0 Å². The first-order chi connectivity index (χ1) is 8.13. The van der Waals surface area contributed by atoms with Crippen LogP contribution >= 0.6 is 15.9 Å². The van der Waals surface area contributed by atoms with Gasteiger partial charge in [0, 0.05) is 29.1 Å². The third-order valence-electron chi connectivity index (χ3n) is 2.98. The molecule has 1 aromatic heterocycles. The smallest absolute Gasteiger partial charge is 0.250 e. The molecule has 0 aliphatic heterocycles. The molecule has 0 bridgehead atoms. The highest BCUT2D eigenvalue weighted by atomic mass is 79.9. The molecule has 92 valence electrons. The van der Waals surface area contributed by atoms with Crippen LogP contribution in [0.1, 0.15) is 28.9 Å². The van der Waals surface area contributed by atoms with Crippen LogP contribution in [0, 0.1) is 0 Å². The number of hydrogen-bond donors (Lipinski definition) is 1. The molecule has 1 unspecified atom stereocenters. The Labute approximate surface area is 107 Å². The Morgan fingerprint density at radius 1 is 1.35 bits per heavy atom. The van der Waals surface area contributed by atoms with Crippen molar-refractivity contribution in [3.8, 4) is 0 Å². The van der Waals surface area contributed by atoms with Crippen LogP contribution < -0.4 is 5.56 Å². The van der Waals surface area contributed by atoms with E-state index in [4.69, 9.17) is 0 Å². The number of pyridine rings is 1. The topological polar surface area (TPSA) is 59.3 Å². The van der Waals surface area contributed by atoms with Crippen LogP contribution in [0.3, 0.4) is 0 Å². The molecule has 1 atom stereocenters. The van der Waals surface area contributed by atoms with Gasteiger partial charge < -0.3 is 9.67 Å². The summed E-state index contributed by atoms with van der Waals surface area (Å²) in [6.07, 6.45) is 1.44. The lowest BCUT2D eigenvalue weighted by Crippen LogP contribution is -2.32. The van der Waals surface area contributed by atoms with Gasteiger partial charge in [0.05, 0.1) is 12.6 Å². The SMILES string of the molecule is O=C1CCCc2c1ccc(=O)n2CC(O)CBr. The zero-order valence-corrected chi connectivity index (χ0v) is 10.9. The van der Waals surface area contributed by atoms with Crippen LogP contribution in [-0.4, -0.2) is 26.9 Å². The Morgan fingerprint density at radius 3 is 2.82 bits per heavy atom. The van der Waals surface area contributed by atoms with Crippen LogP contribution in [0.25, 0.3) is 0 Å². The molecule has 5 heteroatoms. The minimum atomic E-state index is -0.615. The first-order valence-electron chi connectivity index (χ1n) is 5.63. The van der Waals surface area contributed by atoms with Crippen molar-refractivity contribution in [2.45, 2.75) is 31.9 Å². The highest BCUT2D eigenvalue weighted by Gasteiger charge is 2.21. The molecule has 1 aliphatic rings.